The Kier molecular flexibility index (Phi) is 4.79. The maximum atomic E-state index is 5.70. The number of nitrogens with two attached hydrogens (primary N) is 1. The first-order valence-corrected chi connectivity index (χ1v) is 7.29. The van der Waals surface area contributed by atoms with Crippen LogP contribution in [0.4, 0.5) is 5.95 Å². The van der Waals surface area contributed by atoms with Gasteiger partial charge in [-0.05, 0) is 49.2 Å². The summed E-state index contributed by atoms with van der Waals surface area (Å²) in [5, 5.41) is 0.553. The molecule has 5 nitrogen and oxygen atoms in total. The van der Waals surface area contributed by atoms with Gasteiger partial charge in [0.15, 0.2) is 0 Å². The summed E-state index contributed by atoms with van der Waals surface area (Å²) in [5.74, 6) is 0.180. The highest BCUT2D eigenvalue weighted by atomic mass is 32.2. The van der Waals surface area contributed by atoms with Crippen LogP contribution < -0.4 is 10.5 Å². The highest BCUT2D eigenvalue weighted by Crippen LogP contribution is 2.29. The fraction of sp³-hybridized carbons (Fsp3) is 0.357. The molecule has 1 heterocycles. The van der Waals surface area contributed by atoms with Gasteiger partial charge in [-0.3, -0.25) is 0 Å². The van der Waals surface area contributed by atoms with Gasteiger partial charge in [0.2, 0.25) is 11.1 Å². The van der Waals surface area contributed by atoms with Crippen LogP contribution >= 0.6 is 11.8 Å². The molecule has 0 radical (unpaired) electrons. The highest BCUT2D eigenvalue weighted by Gasteiger charge is 2.09. The largest absolute Gasteiger partial charge is 0.463 e. The zero-order valence-corrected chi connectivity index (χ0v) is 12.7. The molecule has 6 heteroatoms. The van der Waals surface area contributed by atoms with Crippen LogP contribution in [-0.4, -0.2) is 21.6 Å². The summed E-state index contributed by atoms with van der Waals surface area (Å²) in [5.41, 5.74) is 8.07. The third kappa shape index (κ3) is 3.84. The Hall–Kier alpha value is -1.82. The lowest BCUT2D eigenvalue weighted by Crippen LogP contribution is -2.05. The number of ether oxygens (including phenoxy) is 1. The van der Waals surface area contributed by atoms with Gasteiger partial charge in [0.25, 0.3) is 0 Å². The average molecular weight is 290 g/mol. The van der Waals surface area contributed by atoms with Crippen LogP contribution in [0.5, 0.6) is 6.01 Å². The number of hydrogen-bond acceptors (Lipinski definition) is 6. The maximum absolute atomic E-state index is 5.70. The van der Waals surface area contributed by atoms with Crippen molar-refractivity contribution >= 4 is 17.7 Å². The standard InChI is InChI=1S/C14H18N4OS/c1-4-7-19-13-16-12(15)17-14(18-13)20-11-8-9(2)5-6-10(11)3/h5-6,8H,4,7H2,1-3H3,(H2,15,16,17,18). The fourth-order valence-electron chi connectivity index (χ4n) is 1.57. The van der Waals surface area contributed by atoms with Gasteiger partial charge < -0.3 is 10.5 Å². The first kappa shape index (κ1) is 14.6. The van der Waals surface area contributed by atoms with Crippen LogP contribution in [0.1, 0.15) is 24.5 Å². The lowest BCUT2D eigenvalue weighted by Gasteiger charge is -2.07. The molecule has 0 saturated heterocycles. The van der Waals surface area contributed by atoms with Gasteiger partial charge in [-0.15, -0.1) is 0 Å². The lowest BCUT2D eigenvalue weighted by atomic mass is 10.2. The smallest absolute Gasteiger partial charge is 0.322 e. The molecule has 0 unspecified atom stereocenters. The second-order valence-corrected chi connectivity index (χ2v) is 5.49. The van der Waals surface area contributed by atoms with Gasteiger partial charge in [0, 0.05) is 4.90 Å². The van der Waals surface area contributed by atoms with Gasteiger partial charge in [-0.2, -0.15) is 15.0 Å². The zero-order valence-electron chi connectivity index (χ0n) is 11.9. The maximum Gasteiger partial charge on any atom is 0.322 e. The number of rotatable bonds is 5. The molecule has 0 aliphatic heterocycles. The van der Waals surface area contributed by atoms with Crippen molar-refractivity contribution in [3.05, 3.63) is 29.3 Å². The van der Waals surface area contributed by atoms with Crippen molar-refractivity contribution < 1.29 is 4.74 Å². The number of benzene rings is 1. The van der Waals surface area contributed by atoms with Gasteiger partial charge in [0.05, 0.1) is 6.61 Å². The summed E-state index contributed by atoms with van der Waals surface area (Å²) in [6.45, 7) is 6.70. The molecule has 0 spiro atoms. The van der Waals surface area contributed by atoms with Crippen LogP contribution in [0.25, 0.3) is 0 Å². The number of nitrogens with zero attached hydrogens (tertiary/aromatic N) is 3. The Morgan fingerprint density at radius 2 is 2.00 bits per heavy atom. The molecule has 2 aromatic rings. The van der Waals surface area contributed by atoms with E-state index in [1.54, 1.807) is 0 Å². The van der Waals surface area contributed by atoms with Crippen LogP contribution in [-0.2, 0) is 0 Å². The van der Waals surface area contributed by atoms with Crippen LogP contribution in [0.3, 0.4) is 0 Å². The van der Waals surface area contributed by atoms with Gasteiger partial charge >= 0.3 is 6.01 Å². The molecular weight excluding hydrogens is 272 g/mol. The Labute approximate surface area is 123 Å². The number of hydrogen-bond donors (Lipinski definition) is 1. The van der Waals surface area contributed by atoms with E-state index in [0.29, 0.717) is 11.8 Å². The summed E-state index contributed by atoms with van der Waals surface area (Å²) < 4.78 is 5.41. The molecule has 0 amide bonds. The molecule has 0 atom stereocenters. The van der Waals surface area contributed by atoms with Crippen molar-refractivity contribution in [3.8, 4) is 6.01 Å². The molecule has 0 saturated carbocycles. The van der Waals surface area contributed by atoms with E-state index >= 15 is 0 Å². The highest BCUT2D eigenvalue weighted by molar-refractivity contribution is 7.99. The SMILES string of the molecule is CCCOc1nc(N)nc(Sc2cc(C)ccc2C)n1. The Morgan fingerprint density at radius 1 is 1.20 bits per heavy atom. The number of nitrogen functional groups attached to an aromatic ring is 1. The topological polar surface area (TPSA) is 73.9 Å². The molecule has 0 aliphatic carbocycles. The predicted octanol–water partition coefficient (Wildman–Crippen LogP) is 3.01. The average Bonchev–Trinajstić information content (AvgIpc) is 2.40. The first-order valence-electron chi connectivity index (χ1n) is 6.48. The molecule has 2 rings (SSSR count). The van der Waals surface area contributed by atoms with Crippen molar-refractivity contribution in [1.29, 1.82) is 0 Å². The van der Waals surface area contributed by atoms with Crippen molar-refractivity contribution in [2.45, 2.75) is 37.2 Å². The summed E-state index contributed by atoms with van der Waals surface area (Å²) in [6.07, 6.45) is 0.894. The quantitative estimate of drug-likeness (QED) is 0.912. The lowest BCUT2D eigenvalue weighted by molar-refractivity contribution is 0.288. The van der Waals surface area contributed by atoms with Crippen molar-refractivity contribution in [2.75, 3.05) is 12.3 Å². The molecular formula is C14H18N4OS. The third-order valence-electron chi connectivity index (χ3n) is 2.59. The van der Waals surface area contributed by atoms with Gasteiger partial charge in [-0.1, -0.05) is 19.1 Å². The second-order valence-electron chi connectivity index (χ2n) is 4.48. The van der Waals surface area contributed by atoms with E-state index < -0.39 is 0 Å². The molecule has 106 valence electrons. The number of aryl methyl sites for hydroxylation is 2. The minimum absolute atomic E-state index is 0.180. The Bertz CT molecular complexity index is 604. The molecule has 0 fully saturated rings. The van der Waals surface area contributed by atoms with E-state index in [0.717, 1.165) is 11.3 Å². The minimum Gasteiger partial charge on any atom is -0.463 e. The second kappa shape index (κ2) is 6.56. The summed E-state index contributed by atoms with van der Waals surface area (Å²) >= 11 is 1.47. The summed E-state index contributed by atoms with van der Waals surface area (Å²) in [6, 6.07) is 6.55. The van der Waals surface area contributed by atoms with Crippen molar-refractivity contribution in [3.63, 3.8) is 0 Å². The third-order valence-corrected chi connectivity index (χ3v) is 3.62. The summed E-state index contributed by atoms with van der Waals surface area (Å²) in [7, 11) is 0. The van der Waals surface area contributed by atoms with E-state index in [1.807, 2.05) is 6.92 Å². The zero-order chi connectivity index (χ0) is 14.5. The number of anilines is 1. The molecule has 2 N–H and O–H groups in total. The Morgan fingerprint density at radius 3 is 2.75 bits per heavy atom. The van der Waals surface area contributed by atoms with Crippen molar-refractivity contribution in [2.24, 2.45) is 0 Å². The monoisotopic (exact) mass is 290 g/mol. The minimum atomic E-state index is 0.180. The van der Waals surface area contributed by atoms with Crippen molar-refractivity contribution in [1.82, 2.24) is 15.0 Å². The van der Waals surface area contributed by atoms with Crippen LogP contribution in [0, 0.1) is 13.8 Å². The van der Waals surface area contributed by atoms with E-state index in [4.69, 9.17) is 10.5 Å². The molecule has 1 aromatic heterocycles. The van der Waals surface area contributed by atoms with Gasteiger partial charge in [-0.25, -0.2) is 0 Å². The molecule has 0 bridgehead atoms. The summed E-state index contributed by atoms with van der Waals surface area (Å²) in [4.78, 5) is 13.5. The van der Waals surface area contributed by atoms with Crippen LogP contribution in [0.15, 0.2) is 28.3 Å². The molecule has 1 aromatic carbocycles. The van der Waals surface area contributed by atoms with E-state index in [9.17, 15) is 0 Å². The van der Waals surface area contributed by atoms with Crippen LogP contribution in [0.2, 0.25) is 0 Å². The first-order chi connectivity index (χ1) is 9.58. The predicted molar refractivity (Wildman–Crippen MR) is 80.1 cm³/mol. The fourth-order valence-corrected chi connectivity index (χ4v) is 2.51. The Balaban J connectivity index is 2.24. The molecule has 20 heavy (non-hydrogen) atoms. The normalized spacial score (nSPS) is 10.6. The van der Waals surface area contributed by atoms with Gasteiger partial charge in [0.1, 0.15) is 0 Å². The van der Waals surface area contributed by atoms with E-state index in [-0.39, 0.29) is 12.0 Å². The van der Waals surface area contributed by atoms with E-state index in [1.165, 1.54) is 22.9 Å². The van der Waals surface area contributed by atoms with E-state index in [2.05, 4.69) is 47.0 Å². The number of aromatic nitrogens is 3. The molecule has 0 aliphatic rings.